The number of nitrogen functional groups attached to an aromatic ring is 1. The van der Waals surface area contributed by atoms with Crippen molar-refractivity contribution >= 4 is 5.69 Å². The quantitative estimate of drug-likeness (QED) is 0.644. The maximum Gasteiger partial charge on any atom is 0.118 e. The molecule has 2 rings (SSSR count). The van der Waals surface area contributed by atoms with Crippen LogP contribution in [0.1, 0.15) is 11.1 Å². The summed E-state index contributed by atoms with van der Waals surface area (Å²) in [4.78, 5) is 0. The number of methoxy groups -OCH3 is 1. The third-order valence-corrected chi connectivity index (χ3v) is 2.66. The van der Waals surface area contributed by atoms with Crippen molar-refractivity contribution in [3.63, 3.8) is 0 Å². The minimum absolute atomic E-state index is 0.665. The Morgan fingerprint density at radius 2 is 1.78 bits per heavy atom. The molecule has 2 nitrogen and oxygen atoms in total. The molecule has 0 atom stereocenters. The summed E-state index contributed by atoms with van der Waals surface area (Å²) >= 11 is 0. The smallest absolute Gasteiger partial charge is 0.118 e. The lowest BCUT2D eigenvalue weighted by Crippen LogP contribution is -1.91. The molecule has 2 aromatic rings. The maximum absolute atomic E-state index is 5.85. The first-order chi connectivity index (χ1) is 8.79. The average Bonchev–Trinajstić information content (AvgIpc) is 2.42. The Kier molecular flexibility index (Phi) is 3.88. The van der Waals surface area contributed by atoms with Crippen LogP contribution in [0.25, 0.3) is 0 Å². The summed E-state index contributed by atoms with van der Waals surface area (Å²) in [5, 5.41) is 0. The van der Waals surface area contributed by atoms with Gasteiger partial charge < -0.3 is 10.5 Å². The van der Waals surface area contributed by atoms with Crippen LogP contribution in [0.4, 0.5) is 5.69 Å². The minimum atomic E-state index is 0.665. The number of para-hydroxylation sites is 1. The molecule has 0 spiro atoms. The van der Waals surface area contributed by atoms with Gasteiger partial charge >= 0.3 is 0 Å². The molecule has 0 radical (unpaired) electrons. The molecule has 0 bridgehead atoms. The van der Waals surface area contributed by atoms with Gasteiger partial charge in [-0.2, -0.15) is 0 Å². The summed E-state index contributed by atoms with van der Waals surface area (Å²) in [6, 6.07) is 15.5. The Morgan fingerprint density at radius 1 is 1.06 bits per heavy atom. The van der Waals surface area contributed by atoms with Gasteiger partial charge in [0.25, 0.3) is 0 Å². The molecule has 0 aliphatic rings. The normalized spacial score (nSPS) is 9.39. The lowest BCUT2D eigenvalue weighted by Gasteiger charge is -1.99. The second-order valence-electron chi connectivity index (χ2n) is 3.91. The predicted molar refractivity (Wildman–Crippen MR) is 74.4 cm³/mol. The van der Waals surface area contributed by atoms with Crippen LogP contribution in [0.5, 0.6) is 5.75 Å². The molecule has 0 aliphatic heterocycles. The molecule has 0 aliphatic carbocycles. The first-order valence-electron chi connectivity index (χ1n) is 5.76. The summed E-state index contributed by atoms with van der Waals surface area (Å²) in [7, 11) is 1.65. The molecule has 18 heavy (non-hydrogen) atoms. The van der Waals surface area contributed by atoms with E-state index in [0.29, 0.717) is 6.42 Å². The number of hydrogen-bond acceptors (Lipinski definition) is 2. The fraction of sp³-hybridized carbons (Fsp3) is 0.125. The molecule has 2 N–H and O–H groups in total. The van der Waals surface area contributed by atoms with Crippen molar-refractivity contribution in [2.45, 2.75) is 6.42 Å². The lowest BCUT2D eigenvalue weighted by atomic mass is 10.1. The Labute approximate surface area is 107 Å². The molecule has 90 valence electrons. The number of anilines is 1. The molecule has 2 aromatic carbocycles. The Morgan fingerprint density at radius 3 is 2.44 bits per heavy atom. The van der Waals surface area contributed by atoms with E-state index < -0.39 is 0 Å². The zero-order valence-corrected chi connectivity index (χ0v) is 10.3. The highest BCUT2D eigenvalue weighted by atomic mass is 16.5. The topological polar surface area (TPSA) is 35.2 Å². The fourth-order valence-corrected chi connectivity index (χ4v) is 1.61. The summed E-state index contributed by atoms with van der Waals surface area (Å²) in [6.07, 6.45) is 0.665. The van der Waals surface area contributed by atoms with Crippen molar-refractivity contribution in [1.82, 2.24) is 0 Å². The first kappa shape index (κ1) is 12.1. The van der Waals surface area contributed by atoms with Crippen molar-refractivity contribution in [3.8, 4) is 17.6 Å². The number of nitrogens with two attached hydrogens (primary N) is 1. The van der Waals surface area contributed by atoms with Crippen LogP contribution in [0.2, 0.25) is 0 Å². The monoisotopic (exact) mass is 237 g/mol. The summed E-state index contributed by atoms with van der Waals surface area (Å²) in [6.45, 7) is 0. The van der Waals surface area contributed by atoms with Crippen LogP contribution >= 0.6 is 0 Å². The number of ether oxygens (including phenoxy) is 1. The van der Waals surface area contributed by atoms with Crippen LogP contribution in [0.3, 0.4) is 0 Å². The van der Waals surface area contributed by atoms with E-state index in [-0.39, 0.29) is 0 Å². The number of hydrogen-bond donors (Lipinski definition) is 1. The van der Waals surface area contributed by atoms with Crippen molar-refractivity contribution in [1.29, 1.82) is 0 Å². The zero-order valence-electron chi connectivity index (χ0n) is 10.3. The Balaban J connectivity index is 2.06. The van der Waals surface area contributed by atoms with Gasteiger partial charge in [0, 0.05) is 17.7 Å². The van der Waals surface area contributed by atoms with E-state index in [1.54, 1.807) is 7.11 Å². The van der Waals surface area contributed by atoms with Gasteiger partial charge in [0.2, 0.25) is 0 Å². The Hall–Kier alpha value is -2.40. The van der Waals surface area contributed by atoms with Crippen LogP contribution in [0.15, 0.2) is 48.5 Å². The zero-order chi connectivity index (χ0) is 12.8. The van der Waals surface area contributed by atoms with Gasteiger partial charge in [0.15, 0.2) is 0 Å². The van der Waals surface area contributed by atoms with Crippen LogP contribution < -0.4 is 10.5 Å². The third kappa shape index (κ3) is 3.05. The second kappa shape index (κ2) is 5.79. The van der Waals surface area contributed by atoms with E-state index in [1.807, 2.05) is 48.5 Å². The van der Waals surface area contributed by atoms with Crippen molar-refractivity contribution in [2.75, 3.05) is 12.8 Å². The molecule has 0 heterocycles. The van der Waals surface area contributed by atoms with Gasteiger partial charge in [0.05, 0.1) is 7.11 Å². The lowest BCUT2D eigenvalue weighted by molar-refractivity contribution is 0.415. The van der Waals surface area contributed by atoms with Gasteiger partial charge in [-0.1, -0.05) is 30.0 Å². The summed E-state index contributed by atoms with van der Waals surface area (Å²) in [5.41, 5.74) is 8.69. The Bertz CT molecular complexity index is 576. The first-order valence-corrected chi connectivity index (χ1v) is 5.76. The fourth-order valence-electron chi connectivity index (χ4n) is 1.61. The van der Waals surface area contributed by atoms with E-state index in [4.69, 9.17) is 10.5 Å². The van der Waals surface area contributed by atoms with E-state index in [1.165, 1.54) is 0 Å². The minimum Gasteiger partial charge on any atom is -0.497 e. The SMILES string of the molecule is COc1ccc(C#CCc2ccccc2N)cc1. The van der Waals surface area contributed by atoms with Crippen LogP contribution in [-0.4, -0.2) is 7.11 Å². The van der Waals surface area contributed by atoms with Gasteiger partial charge in [-0.05, 0) is 35.9 Å². The van der Waals surface area contributed by atoms with Crippen molar-refractivity contribution < 1.29 is 4.74 Å². The molecule has 0 unspecified atom stereocenters. The summed E-state index contributed by atoms with van der Waals surface area (Å²) < 4.78 is 5.09. The predicted octanol–water partition coefficient (Wildman–Crippen LogP) is 2.87. The van der Waals surface area contributed by atoms with Gasteiger partial charge in [0.1, 0.15) is 5.75 Å². The van der Waals surface area contributed by atoms with Gasteiger partial charge in [-0.3, -0.25) is 0 Å². The van der Waals surface area contributed by atoms with Gasteiger partial charge in [-0.25, -0.2) is 0 Å². The molecule has 0 fully saturated rings. The average molecular weight is 237 g/mol. The van der Waals surface area contributed by atoms with Crippen molar-refractivity contribution in [3.05, 3.63) is 59.7 Å². The molecule has 0 saturated carbocycles. The highest BCUT2D eigenvalue weighted by molar-refractivity contribution is 5.48. The molecule has 0 saturated heterocycles. The van der Waals surface area contributed by atoms with Crippen LogP contribution in [0, 0.1) is 11.8 Å². The number of benzene rings is 2. The van der Waals surface area contributed by atoms with Gasteiger partial charge in [-0.15, -0.1) is 0 Å². The molecular formula is C16H15NO. The van der Waals surface area contributed by atoms with E-state index in [0.717, 1.165) is 22.6 Å². The van der Waals surface area contributed by atoms with E-state index >= 15 is 0 Å². The highest BCUT2D eigenvalue weighted by Gasteiger charge is 1.94. The standard InChI is InChI=1S/C16H15NO/c1-18-15-11-9-13(10-12-15)5-4-7-14-6-2-3-8-16(14)17/h2-3,6,8-12H,7,17H2,1H3. The molecular weight excluding hydrogens is 222 g/mol. The van der Waals surface area contributed by atoms with E-state index in [2.05, 4.69) is 11.8 Å². The van der Waals surface area contributed by atoms with Crippen LogP contribution in [-0.2, 0) is 6.42 Å². The largest absolute Gasteiger partial charge is 0.497 e. The highest BCUT2D eigenvalue weighted by Crippen LogP contribution is 2.12. The second-order valence-corrected chi connectivity index (χ2v) is 3.91. The van der Waals surface area contributed by atoms with Crippen molar-refractivity contribution in [2.24, 2.45) is 0 Å². The maximum atomic E-state index is 5.85. The molecule has 0 aromatic heterocycles. The number of rotatable bonds is 2. The third-order valence-electron chi connectivity index (χ3n) is 2.66. The molecule has 2 heteroatoms. The summed E-state index contributed by atoms with van der Waals surface area (Å²) in [5.74, 6) is 7.08. The molecule has 0 amide bonds. The van der Waals surface area contributed by atoms with E-state index in [9.17, 15) is 0 Å².